The van der Waals surface area contributed by atoms with Gasteiger partial charge in [-0.1, -0.05) is 103 Å². The molecule has 0 atom stereocenters. The summed E-state index contributed by atoms with van der Waals surface area (Å²) in [6, 6.07) is 54.2. The molecule has 0 bridgehead atoms. The van der Waals surface area contributed by atoms with Crippen LogP contribution in [0.1, 0.15) is 0 Å². The van der Waals surface area contributed by atoms with Gasteiger partial charge in [0, 0.05) is 47.6 Å². The van der Waals surface area contributed by atoms with E-state index in [2.05, 4.69) is 150 Å². The number of benzene rings is 8. The Morgan fingerprint density at radius 1 is 0.558 bits per heavy atom. The van der Waals surface area contributed by atoms with Gasteiger partial charge in [0.05, 0.1) is 22.7 Å². The molecule has 0 radical (unpaired) electrons. The summed E-state index contributed by atoms with van der Waals surface area (Å²) in [6.07, 6.45) is 0. The summed E-state index contributed by atoms with van der Waals surface area (Å²) < 4.78 is 16.0. The molecule has 2 aliphatic heterocycles. The van der Waals surface area contributed by atoms with Crippen molar-refractivity contribution in [3.05, 3.63) is 152 Å². The lowest BCUT2D eigenvalue weighted by Gasteiger charge is -2.39. The van der Waals surface area contributed by atoms with Crippen molar-refractivity contribution in [1.82, 2.24) is 0 Å². The zero-order chi connectivity index (χ0) is 33.9. The number of furan rings is 1. The number of thiophene rings is 1. The van der Waals surface area contributed by atoms with Crippen LogP contribution >= 0.6 is 11.3 Å². The minimum absolute atomic E-state index is 0.738. The van der Waals surface area contributed by atoms with E-state index in [4.69, 9.17) is 9.15 Å². The average molecular weight is 683 g/mol. The fraction of sp³-hybridized carbons (Fsp3) is 0. The third-order valence-corrected chi connectivity index (χ3v) is 12.0. The molecule has 2 aliphatic rings. The highest BCUT2D eigenvalue weighted by Gasteiger charge is 2.37. The molecule has 6 heteroatoms. The first-order chi connectivity index (χ1) is 25.8. The largest absolute Gasteiger partial charge is 0.454 e. The van der Waals surface area contributed by atoms with Gasteiger partial charge in [-0.15, -0.1) is 11.3 Å². The Kier molecular flexibility index (Phi) is 5.71. The van der Waals surface area contributed by atoms with E-state index in [1.54, 1.807) is 0 Å². The standard InChI is InChI=1S/C46H27BN2O2S/c1-2-11-28-26(10-1)20-22-31(43(28)48-27-21-23-41-32(24-27)30-13-4-8-19-40(30)52-41)33-25-34-29-12-3-6-16-37(29)51-46(34)45-42(33)47-35-14-9-18-39-44(35)49(45)36-15-5-7-17-38(36)50-39/h1-25,47-48H. The smallest absolute Gasteiger partial charge is 0.198 e. The molecule has 0 aliphatic carbocycles. The fourth-order valence-electron chi connectivity index (χ4n) is 8.55. The van der Waals surface area contributed by atoms with Crippen LogP contribution in [0, 0.1) is 0 Å². The Morgan fingerprint density at radius 3 is 2.31 bits per heavy atom. The number of ether oxygens (including phenoxy) is 1. The Bertz CT molecular complexity index is 3140. The van der Waals surface area contributed by atoms with Crippen molar-refractivity contribution in [2.45, 2.75) is 0 Å². The van der Waals surface area contributed by atoms with E-state index in [0.717, 1.165) is 74.7 Å². The Labute approximate surface area is 303 Å². The normalized spacial score (nSPS) is 12.9. The topological polar surface area (TPSA) is 37.6 Å². The third-order valence-electron chi connectivity index (χ3n) is 10.8. The van der Waals surface area contributed by atoms with Crippen LogP contribution in [-0.2, 0) is 0 Å². The van der Waals surface area contributed by atoms with E-state index in [9.17, 15) is 0 Å². The van der Waals surface area contributed by atoms with Gasteiger partial charge in [0.2, 0.25) is 0 Å². The number of nitrogens with one attached hydrogen (secondary N) is 1. The molecule has 0 saturated carbocycles. The summed E-state index contributed by atoms with van der Waals surface area (Å²) in [6.45, 7) is 0. The van der Waals surface area contributed by atoms with Crippen molar-refractivity contribution in [3.63, 3.8) is 0 Å². The van der Waals surface area contributed by atoms with Gasteiger partial charge in [-0.2, -0.15) is 0 Å². The molecule has 8 aromatic carbocycles. The quantitative estimate of drug-likeness (QED) is 0.188. The first-order valence-electron chi connectivity index (χ1n) is 17.6. The minimum Gasteiger partial charge on any atom is -0.454 e. The lowest BCUT2D eigenvalue weighted by Crippen LogP contribution is -2.42. The molecule has 4 nitrogen and oxygen atoms in total. The Morgan fingerprint density at radius 2 is 1.35 bits per heavy atom. The number of hydrogen-bond donors (Lipinski definition) is 1. The predicted octanol–water partition coefficient (Wildman–Crippen LogP) is 11.8. The zero-order valence-electron chi connectivity index (χ0n) is 27.8. The monoisotopic (exact) mass is 682 g/mol. The summed E-state index contributed by atoms with van der Waals surface area (Å²) in [5.41, 5.74) is 11.9. The van der Waals surface area contributed by atoms with Crippen LogP contribution in [0.15, 0.2) is 156 Å². The maximum Gasteiger partial charge on any atom is 0.198 e. The third kappa shape index (κ3) is 3.93. The van der Waals surface area contributed by atoms with Crippen molar-refractivity contribution in [3.8, 4) is 22.6 Å². The summed E-state index contributed by atoms with van der Waals surface area (Å²) in [7, 11) is 0.738. The van der Waals surface area contributed by atoms with Crippen molar-refractivity contribution >= 4 is 111 Å². The molecule has 0 spiro atoms. The van der Waals surface area contributed by atoms with Crippen LogP contribution in [0.25, 0.3) is 64.0 Å². The number of para-hydroxylation sites is 4. The molecular weight excluding hydrogens is 655 g/mol. The number of anilines is 5. The molecule has 0 fully saturated rings. The number of rotatable bonds is 3. The van der Waals surface area contributed by atoms with Gasteiger partial charge >= 0.3 is 0 Å². The van der Waals surface area contributed by atoms with E-state index in [-0.39, 0.29) is 0 Å². The molecule has 242 valence electrons. The highest BCUT2D eigenvalue weighted by Crippen LogP contribution is 2.53. The van der Waals surface area contributed by atoms with Gasteiger partial charge in [0.25, 0.3) is 0 Å². The first-order valence-corrected chi connectivity index (χ1v) is 18.4. The summed E-state index contributed by atoms with van der Waals surface area (Å²) >= 11 is 1.84. The predicted molar refractivity (Wildman–Crippen MR) is 220 cm³/mol. The molecule has 12 rings (SSSR count). The number of hydrogen-bond acceptors (Lipinski definition) is 5. The number of fused-ring (bicyclic) bond motifs is 12. The summed E-state index contributed by atoms with van der Waals surface area (Å²) in [5, 5.41) is 11.1. The highest BCUT2D eigenvalue weighted by atomic mass is 32.1. The van der Waals surface area contributed by atoms with Crippen molar-refractivity contribution in [1.29, 1.82) is 0 Å². The molecule has 1 N–H and O–H groups in total. The van der Waals surface area contributed by atoms with E-state index >= 15 is 0 Å². The molecule has 52 heavy (non-hydrogen) atoms. The fourth-order valence-corrected chi connectivity index (χ4v) is 9.64. The minimum atomic E-state index is 0.738. The van der Waals surface area contributed by atoms with Crippen LogP contribution < -0.4 is 25.9 Å². The van der Waals surface area contributed by atoms with E-state index in [1.807, 2.05) is 23.5 Å². The molecule has 0 unspecified atom stereocenters. The van der Waals surface area contributed by atoms with Gasteiger partial charge in [0.15, 0.2) is 24.4 Å². The van der Waals surface area contributed by atoms with E-state index < -0.39 is 0 Å². The van der Waals surface area contributed by atoms with Crippen LogP contribution in [0.5, 0.6) is 11.5 Å². The molecule has 4 heterocycles. The Hall–Kier alpha value is -6.50. The number of nitrogens with zero attached hydrogens (tertiary/aromatic N) is 1. The van der Waals surface area contributed by atoms with Crippen molar-refractivity contribution in [2.24, 2.45) is 0 Å². The SMILES string of the molecule is B1c2cccc3c2N(c2ccccc2O3)c2c1c(-c1ccc3ccccc3c1Nc1ccc3sc4ccccc4c3c1)cc1c2oc2ccccc21. The van der Waals surface area contributed by atoms with Gasteiger partial charge in [-0.3, -0.25) is 0 Å². The maximum atomic E-state index is 6.84. The Balaban J connectivity index is 1.16. The maximum absolute atomic E-state index is 6.84. The molecular formula is C46H27BN2O2S. The van der Waals surface area contributed by atoms with E-state index in [0.29, 0.717) is 0 Å². The molecule has 2 aromatic heterocycles. The van der Waals surface area contributed by atoms with Crippen LogP contribution in [0.4, 0.5) is 28.4 Å². The lowest BCUT2D eigenvalue weighted by atomic mass is 9.57. The second-order valence-electron chi connectivity index (χ2n) is 13.7. The second-order valence-corrected chi connectivity index (χ2v) is 14.8. The van der Waals surface area contributed by atoms with Gasteiger partial charge < -0.3 is 19.4 Å². The lowest BCUT2D eigenvalue weighted by molar-refractivity contribution is 0.477. The van der Waals surface area contributed by atoms with Crippen molar-refractivity contribution in [2.75, 3.05) is 10.2 Å². The average Bonchev–Trinajstić information content (AvgIpc) is 3.76. The van der Waals surface area contributed by atoms with Gasteiger partial charge in [0.1, 0.15) is 5.58 Å². The summed E-state index contributed by atoms with van der Waals surface area (Å²) in [5.74, 6) is 1.69. The zero-order valence-corrected chi connectivity index (χ0v) is 28.6. The van der Waals surface area contributed by atoms with Crippen LogP contribution in [-0.4, -0.2) is 7.28 Å². The van der Waals surface area contributed by atoms with Gasteiger partial charge in [-0.05, 0) is 71.0 Å². The van der Waals surface area contributed by atoms with Crippen LogP contribution in [0.2, 0.25) is 0 Å². The molecule has 0 amide bonds. The molecule has 0 saturated heterocycles. The first kappa shape index (κ1) is 28.2. The van der Waals surface area contributed by atoms with Crippen LogP contribution in [0.3, 0.4) is 0 Å². The van der Waals surface area contributed by atoms with Gasteiger partial charge in [-0.25, -0.2) is 0 Å². The summed E-state index contributed by atoms with van der Waals surface area (Å²) in [4.78, 5) is 2.39. The van der Waals surface area contributed by atoms with E-state index in [1.165, 1.54) is 47.4 Å². The molecule has 10 aromatic rings. The van der Waals surface area contributed by atoms with Crippen molar-refractivity contribution < 1.29 is 9.15 Å². The highest BCUT2D eigenvalue weighted by molar-refractivity contribution is 7.25. The second kappa shape index (κ2) is 10.5.